The zero-order valence-corrected chi connectivity index (χ0v) is 13.0. The van der Waals surface area contributed by atoms with Crippen LogP contribution in [0.5, 0.6) is 0 Å². The van der Waals surface area contributed by atoms with E-state index in [1.807, 2.05) is 6.92 Å². The number of aromatic nitrogens is 3. The minimum Gasteiger partial charge on any atom is -0.342 e. The van der Waals surface area contributed by atoms with Crippen molar-refractivity contribution in [1.82, 2.24) is 20.1 Å². The molecule has 1 saturated carbocycles. The van der Waals surface area contributed by atoms with E-state index in [1.54, 1.807) is 4.68 Å². The molecule has 0 spiro atoms. The Kier molecular flexibility index (Phi) is 4.11. The van der Waals surface area contributed by atoms with Gasteiger partial charge in [-0.05, 0) is 44.2 Å². The molecule has 1 aliphatic rings. The Labute approximate surface area is 132 Å². The molecular formula is C16H18F2N4O. The predicted octanol–water partition coefficient (Wildman–Crippen LogP) is 2.77. The van der Waals surface area contributed by atoms with E-state index < -0.39 is 17.5 Å². The number of halogens is 2. The molecule has 0 aliphatic heterocycles. The molecule has 1 aliphatic carbocycles. The van der Waals surface area contributed by atoms with Crippen molar-refractivity contribution in [1.29, 1.82) is 0 Å². The van der Waals surface area contributed by atoms with Crippen LogP contribution in [0.1, 0.15) is 47.6 Å². The number of benzene rings is 1. The summed E-state index contributed by atoms with van der Waals surface area (Å²) in [4.78, 5) is 16.6. The summed E-state index contributed by atoms with van der Waals surface area (Å²) in [7, 11) is 0. The van der Waals surface area contributed by atoms with Gasteiger partial charge in [0.05, 0.1) is 11.6 Å². The molecule has 0 unspecified atom stereocenters. The molecule has 0 radical (unpaired) electrons. The van der Waals surface area contributed by atoms with Gasteiger partial charge in [-0.2, -0.15) is 5.10 Å². The number of carbonyl (C=O) groups is 1. The highest BCUT2D eigenvalue weighted by Crippen LogP contribution is 2.40. The maximum atomic E-state index is 14.0. The smallest absolute Gasteiger partial charge is 0.254 e. The average molecular weight is 320 g/mol. The lowest BCUT2D eigenvalue weighted by Crippen LogP contribution is -2.32. The largest absolute Gasteiger partial charge is 0.342 e. The summed E-state index contributed by atoms with van der Waals surface area (Å²) in [5.41, 5.74) is -0.121. The molecule has 3 rings (SSSR count). The first kappa shape index (κ1) is 15.6. The summed E-state index contributed by atoms with van der Waals surface area (Å²) in [6.45, 7) is 4.01. The SMILES string of the molecule is CCn1ncnc1[C@H](NC(=O)c1ccc(C)c(F)c1F)C1CC1. The highest BCUT2D eigenvalue weighted by molar-refractivity contribution is 5.94. The van der Waals surface area contributed by atoms with Crippen molar-refractivity contribution in [2.75, 3.05) is 0 Å². The van der Waals surface area contributed by atoms with Gasteiger partial charge in [-0.15, -0.1) is 0 Å². The maximum Gasteiger partial charge on any atom is 0.254 e. The molecule has 1 fully saturated rings. The van der Waals surface area contributed by atoms with E-state index in [9.17, 15) is 13.6 Å². The van der Waals surface area contributed by atoms with Crippen LogP contribution in [0.3, 0.4) is 0 Å². The van der Waals surface area contributed by atoms with Gasteiger partial charge in [-0.3, -0.25) is 4.79 Å². The summed E-state index contributed by atoms with van der Waals surface area (Å²) in [5.74, 6) is -1.83. The highest BCUT2D eigenvalue weighted by Gasteiger charge is 2.37. The van der Waals surface area contributed by atoms with Gasteiger partial charge in [0.2, 0.25) is 0 Å². The van der Waals surface area contributed by atoms with Crippen LogP contribution in [0.4, 0.5) is 8.78 Å². The Morgan fingerprint density at radius 1 is 1.39 bits per heavy atom. The number of rotatable bonds is 5. The van der Waals surface area contributed by atoms with Crippen molar-refractivity contribution < 1.29 is 13.6 Å². The van der Waals surface area contributed by atoms with Crippen molar-refractivity contribution in [3.05, 3.63) is 47.0 Å². The lowest BCUT2D eigenvalue weighted by Gasteiger charge is -2.18. The third-order valence-corrected chi connectivity index (χ3v) is 4.12. The van der Waals surface area contributed by atoms with Crippen LogP contribution in [0.2, 0.25) is 0 Å². The molecule has 0 bridgehead atoms. The molecule has 122 valence electrons. The zero-order valence-electron chi connectivity index (χ0n) is 13.0. The summed E-state index contributed by atoms with van der Waals surface area (Å²) in [6, 6.07) is 2.36. The highest BCUT2D eigenvalue weighted by atomic mass is 19.2. The molecule has 5 nitrogen and oxygen atoms in total. The number of hydrogen-bond donors (Lipinski definition) is 1. The molecule has 1 amide bonds. The van der Waals surface area contributed by atoms with Crippen molar-refractivity contribution in [3.8, 4) is 0 Å². The molecule has 7 heteroatoms. The van der Waals surface area contributed by atoms with Crippen molar-refractivity contribution >= 4 is 5.91 Å². The van der Waals surface area contributed by atoms with Gasteiger partial charge in [0.15, 0.2) is 11.6 Å². The van der Waals surface area contributed by atoms with Gasteiger partial charge in [-0.1, -0.05) is 6.07 Å². The Balaban J connectivity index is 1.87. The Morgan fingerprint density at radius 2 is 2.13 bits per heavy atom. The second kappa shape index (κ2) is 6.06. The number of carbonyl (C=O) groups excluding carboxylic acids is 1. The molecule has 1 aromatic heterocycles. The van der Waals surface area contributed by atoms with Gasteiger partial charge in [0.1, 0.15) is 12.2 Å². The van der Waals surface area contributed by atoms with Crippen LogP contribution >= 0.6 is 0 Å². The first-order valence-corrected chi connectivity index (χ1v) is 7.66. The third-order valence-electron chi connectivity index (χ3n) is 4.12. The van der Waals surface area contributed by atoms with Crippen LogP contribution in [0.15, 0.2) is 18.5 Å². The summed E-state index contributed by atoms with van der Waals surface area (Å²) in [6.07, 6.45) is 3.37. The minimum atomic E-state index is -1.12. The molecule has 0 saturated heterocycles. The van der Waals surface area contributed by atoms with Crippen LogP contribution < -0.4 is 5.32 Å². The van der Waals surface area contributed by atoms with Crippen LogP contribution in [0, 0.1) is 24.5 Å². The fourth-order valence-corrected chi connectivity index (χ4v) is 2.62. The second-order valence-electron chi connectivity index (χ2n) is 5.78. The number of amides is 1. The number of hydrogen-bond acceptors (Lipinski definition) is 3. The number of nitrogens with zero attached hydrogens (tertiary/aromatic N) is 3. The molecule has 1 N–H and O–H groups in total. The first-order valence-electron chi connectivity index (χ1n) is 7.66. The van der Waals surface area contributed by atoms with E-state index in [4.69, 9.17) is 0 Å². The predicted molar refractivity (Wildman–Crippen MR) is 79.7 cm³/mol. The molecule has 1 heterocycles. The monoisotopic (exact) mass is 320 g/mol. The summed E-state index contributed by atoms with van der Waals surface area (Å²) >= 11 is 0. The summed E-state index contributed by atoms with van der Waals surface area (Å²) < 4.78 is 29.4. The summed E-state index contributed by atoms with van der Waals surface area (Å²) in [5, 5.41) is 6.90. The van der Waals surface area contributed by atoms with Crippen LogP contribution in [-0.2, 0) is 6.54 Å². The Bertz CT molecular complexity index is 740. The topological polar surface area (TPSA) is 59.8 Å². The molecular weight excluding hydrogens is 302 g/mol. The van der Waals surface area contributed by atoms with Gasteiger partial charge in [-0.25, -0.2) is 18.4 Å². The van der Waals surface area contributed by atoms with Gasteiger partial charge >= 0.3 is 0 Å². The fraction of sp³-hybridized carbons (Fsp3) is 0.438. The van der Waals surface area contributed by atoms with Crippen LogP contribution in [-0.4, -0.2) is 20.7 Å². The van der Waals surface area contributed by atoms with Crippen molar-refractivity contribution in [2.24, 2.45) is 5.92 Å². The molecule has 2 aromatic rings. The van der Waals surface area contributed by atoms with E-state index in [-0.39, 0.29) is 23.1 Å². The Morgan fingerprint density at radius 3 is 2.78 bits per heavy atom. The Hall–Kier alpha value is -2.31. The van der Waals surface area contributed by atoms with Gasteiger partial charge in [0, 0.05) is 6.54 Å². The lowest BCUT2D eigenvalue weighted by atomic mass is 10.1. The van der Waals surface area contributed by atoms with Gasteiger partial charge < -0.3 is 5.32 Å². The standard InChI is InChI=1S/C16H18F2N4O/c1-3-22-15(19-8-20-22)14(10-5-6-10)21-16(23)11-7-4-9(2)12(17)13(11)18/h4,7-8,10,14H,3,5-6H2,1-2H3,(H,21,23)/t14-/m1/s1. The van der Waals surface area contributed by atoms with E-state index in [1.165, 1.54) is 25.4 Å². The normalized spacial score (nSPS) is 15.5. The van der Waals surface area contributed by atoms with E-state index >= 15 is 0 Å². The van der Waals surface area contributed by atoms with Crippen molar-refractivity contribution in [3.63, 3.8) is 0 Å². The van der Waals surface area contributed by atoms with Crippen LogP contribution in [0.25, 0.3) is 0 Å². The molecule has 1 atom stereocenters. The quantitative estimate of drug-likeness (QED) is 0.921. The first-order chi connectivity index (χ1) is 11.0. The zero-order chi connectivity index (χ0) is 16.6. The molecule has 23 heavy (non-hydrogen) atoms. The third kappa shape index (κ3) is 2.95. The van der Waals surface area contributed by atoms with Crippen molar-refractivity contribution in [2.45, 2.75) is 39.3 Å². The average Bonchev–Trinajstić information content (AvgIpc) is 3.27. The number of nitrogens with one attached hydrogen (secondary N) is 1. The van der Waals surface area contributed by atoms with E-state index in [0.717, 1.165) is 12.8 Å². The minimum absolute atomic E-state index is 0.170. The maximum absolute atomic E-state index is 14.0. The fourth-order valence-electron chi connectivity index (χ4n) is 2.62. The van der Waals surface area contributed by atoms with E-state index in [2.05, 4.69) is 15.4 Å². The molecule has 1 aromatic carbocycles. The van der Waals surface area contributed by atoms with E-state index in [0.29, 0.717) is 12.4 Å². The number of aryl methyl sites for hydroxylation is 2. The second-order valence-corrected chi connectivity index (χ2v) is 5.78. The van der Waals surface area contributed by atoms with Gasteiger partial charge in [0.25, 0.3) is 5.91 Å². The lowest BCUT2D eigenvalue weighted by molar-refractivity contribution is 0.0923.